The molecule has 0 atom stereocenters. The van der Waals surface area contributed by atoms with Gasteiger partial charge in [0.2, 0.25) is 0 Å². The van der Waals surface area contributed by atoms with Gasteiger partial charge in [0.05, 0.1) is 11.5 Å². The average Bonchev–Trinajstić information content (AvgIpc) is 2.34. The van der Waals surface area contributed by atoms with Crippen molar-refractivity contribution in [2.75, 3.05) is 5.73 Å². The number of benzene rings is 2. The van der Waals surface area contributed by atoms with Crippen molar-refractivity contribution >= 4 is 15.5 Å². The lowest BCUT2D eigenvalue weighted by Gasteiger charge is -2.05. The molecule has 4 heteroatoms. The Hall–Kier alpha value is -1.81. The zero-order chi connectivity index (χ0) is 13.9. The molecular weight excluding hydrogens is 258 g/mol. The van der Waals surface area contributed by atoms with Crippen LogP contribution in [0.25, 0.3) is 0 Å². The van der Waals surface area contributed by atoms with Crippen molar-refractivity contribution in [3.05, 3.63) is 65.2 Å². The van der Waals surface area contributed by atoms with Crippen molar-refractivity contribution in [3.63, 3.8) is 0 Å². The summed E-state index contributed by atoms with van der Waals surface area (Å²) in [7, 11) is -3.15. The second-order valence-corrected chi connectivity index (χ2v) is 6.82. The predicted octanol–water partition coefficient (Wildman–Crippen LogP) is 2.69. The monoisotopic (exact) mass is 275 g/mol. The van der Waals surface area contributed by atoms with Crippen LogP contribution >= 0.6 is 0 Å². The highest BCUT2D eigenvalue weighted by Gasteiger charge is 2.13. The van der Waals surface area contributed by atoms with Crippen molar-refractivity contribution in [1.29, 1.82) is 0 Å². The summed E-state index contributed by atoms with van der Waals surface area (Å²) in [4.78, 5) is 0. The molecule has 0 aliphatic carbocycles. The molecule has 0 bridgehead atoms. The molecular formula is C15H17NO2S. The molecule has 19 heavy (non-hydrogen) atoms. The van der Waals surface area contributed by atoms with Crippen LogP contribution in [0.3, 0.4) is 0 Å². The first-order valence-corrected chi connectivity index (χ1v) is 7.87. The number of hydrogen-bond acceptors (Lipinski definition) is 3. The number of anilines is 1. The second kappa shape index (κ2) is 5.45. The first-order valence-electron chi connectivity index (χ1n) is 6.05. The van der Waals surface area contributed by atoms with E-state index in [-0.39, 0.29) is 11.5 Å². The Morgan fingerprint density at radius 2 is 1.26 bits per heavy atom. The molecule has 0 heterocycles. The molecule has 2 aromatic carbocycles. The van der Waals surface area contributed by atoms with Gasteiger partial charge in [0.15, 0.2) is 9.84 Å². The van der Waals surface area contributed by atoms with Gasteiger partial charge in [-0.15, -0.1) is 0 Å². The molecule has 100 valence electrons. The predicted molar refractivity (Wildman–Crippen MR) is 78.4 cm³/mol. The summed E-state index contributed by atoms with van der Waals surface area (Å²) in [6.07, 6.45) is 0. The zero-order valence-corrected chi connectivity index (χ0v) is 11.7. The second-order valence-electron chi connectivity index (χ2n) is 4.76. The maximum absolute atomic E-state index is 12.1. The highest BCUT2D eigenvalue weighted by Crippen LogP contribution is 2.14. The Balaban J connectivity index is 2.10. The largest absolute Gasteiger partial charge is 0.399 e. The third kappa shape index (κ3) is 4.10. The van der Waals surface area contributed by atoms with E-state index >= 15 is 0 Å². The van der Waals surface area contributed by atoms with E-state index in [1.165, 1.54) is 0 Å². The van der Waals surface area contributed by atoms with Crippen LogP contribution in [-0.4, -0.2) is 8.42 Å². The lowest BCUT2D eigenvalue weighted by atomic mass is 10.2. The molecule has 2 aromatic rings. The van der Waals surface area contributed by atoms with E-state index in [9.17, 15) is 8.42 Å². The normalized spacial score (nSPS) is 11.4. The quantitative estimate of drug-likeness (QED) is 0.873. The van der Waals surface area contributed by atoms with Crippen LogP contribution in [0.1, 0.15) is 16.7 Å². The summed E-state index contributed by atoms with van der Waals surface area (Å²) in [5.74, 6) is 0.110. The summed E-state index contributed by atoms with van der Waals surface area (Å²) < 4.78 is 24.2. The van der Waals surface area contributed by atoms with Gasteiger partial charge in [-0.1, -0.05) is 42.0 Å². The molecule has 0 saturated carbocycles. The van der Waals surface area contributed by atoms with Crippen molar-refractivity contribution in [2.24, 2.45) is 0 Å². The van der Waals surface area contributed by atoms with E-state index in [1.807, 2.05) is 31.2 Å². The van der Waals surface area contributed by atoms with Crippen LogP contribution < -0.4 is 5.73 Å². The van der Waals surface area contributed by atoms with Crippen LogP contribution in [0.2, 0.25) is 0 Å². The third-order valence-corrected chi connectivity index (χ3v) is 4.42. The number of sulfone groups is 1. The first-order chi connectivity index (χ1) is 8.94. The summed E-state index contributed by atoms with van der Waals surface area (Å²) in [5, 5.41) is 0. The average molecular weight is 275 g/mol. The van der Waals surface area contributed by atoms with Gasteiger partial charge in [-0.2, -0.15) is 0 Å². The van der Waals surface area contributed by atoms with Gasteiger partial charge in [-0.3, -0.25) is 0 Å². The fourth-order valence-electron chi connectivity index (χ4n) is 1.86. The van der Waals surface area contributed by atoms with Gasteiger partial charge in [0.25, 0.3) is 0 Å². The lowest BCUT2D eigenvalue weighted by Crippen LogP contribution is -2.07. The molecule has 0 unspecified atom stereocenters. The molecule has 0 aromatic heterocycles. The minimum Gasteiger partial charge on any atom is -0.399 e. The molecule has 0 spiro atoms. The van der Waals surface area contributed by atoms with Gasteiger partial charge in [0, 0.05) is 5.69 Å². The summed E-state index contributed by atoms with van der Waals surface area (Å²) >= 11 is 0. The van der Waals surface area contributed by atoms with Crippen molar-refractivity contribution in [1.82, 2.24) is 0 Å². The number of nitrogens with two attached hydrogens (primary N) is 1. The van der Waals surface area contributed by atoms with Gasteiger partial charge < -0.3 is 5.73 Å². The molecule has 3 nitrogen and oxygen atoms in total. The van der Waals surface area contributed by atoms with E-state index in [0.29, 0.717) is 5.69 Å². The van der Waals surface area contributed by atoms with Crippen LogP contribution in [0.5, 0.6) is 0 Å². The smallest absolute Gasteiger partial charge is 0.158 e. The highest BCUT2D eigenvalue weighted by molar-refractivity contribution is 7.89. The molecule has 0 saturated heterocycles. The number of aryl methyl sites for hydroxylation is 1. The molecule has 0 fully saturated rings. The summed E-state index contributed by atoms with van der Waals surface area (Å²) in [6, 6.07) is 14.5. The Bertz CT molecular complexity index is 590. The Morgan fingerprint density at radius 1 is 0.842 bits per heavy atom. The fourth-order valence-corrected chi connectivity index (χ4v) is 3.36. The van der Waals surface area contributed by atoms with Crippen molar-refractivity contribution in [2.45, 2.75) is 18.4 Å². The topological polar surface area (TPSA) is 60.2 Å². The fraction of sp³-hybridized carbons (Fsp3) is 0.200. The van der Waals surface area contributed by atoms with Gasteiger partial charge in [-0.25, -0.2) is 8.42 Å². The minimum absolute atomic E-state index is 0.0428. The van der Waals surface area contributed by atoms with E-state index in [2.05, 4.69) is 0 Å². The minimum atomic E-state index is -3.15. The Kier molecular flexibility index (Phi) is 3.90. The SMILES string of the molecule is Cc1ccc(CS(=O)(=O)Cc2ccc(N)cc2)cc1. The number of nitrogen functional groups attached to an aromatic ring is 1. The van der Waals surface area contributed by atoms with E-state index in [1.54, 1.807) is 24.3 Å². The maximum Gasteiger partial charge on any atom is 0.158 e. The summed E-state index contributed by atoms with van der Waals surface area (Å²) in [5.41, 5.74) is 8.93. The highest BCUT2D eigenvalue weighted by atomic mass is 32.2. The molecule has 0 aliphatic heterocycles. The molecule has 0 amide bonds. The first kappa shape index (κ1) is 13.6. The number of hydrogen-bond donors (Lipinski definition) is 1. The van der Waals surface area contributed by atoms with E-state index in [4.69, 9.17) is 5.73 Å². The van der Waals surface area contributed by atoms with Crippen molar-refractivity contribution < 1.29 is 8.42 Å². The summed E-state index contributed by atoms with van der Waals surface area (Å²) in [6.45, 7) is 1.98. The zero-order valence-electron chi connectivity index (χ0n) is 10.8. The van der Waals surface area contributed by atoms with Crippen molar-refractivity contribution in [3.8, 4) is 0 Å². The molecule has 2 rings (SSSR count). The van der Waals surface area contributed by atoms with Gasteiger partial charge in [0.1, 0.15) is 0 Å². The third-order valence-electron chi connectivity index (χ3n) is 2.87. The molecule has 2 N–H and O–H groups in total. The van der Waals surface area contributed by atoms with Crippen LogP contribution in [-0.2, 0) is 21.3 Å². The molecule has 0 radical (unpaired) electrons. The van der Waals surface area contributed by atoms with Gasteiger partial charge >= 0.3 is 0 Å². The van der Waals surface area contributed by atoms with Crippen LogP contribution in [0.4, 0.5) is 5.69 Å². The van der Waals surface area contributed by atoms with Crippen LogP contribution in [0.15, 0.2) is 48.5 Å². The number of rotatable bonds is 4. The Morgan fingerprint density at radius 3 is 1.74 bits per heavy atom. The maximum atomic E-state index is 12.1. The Labute approximate surface area is 114 Å². The standard InChI is InChI=1S/C15H17NO2S/c1-12-2-4-13(5-3-12)10-19(17,18)11-14-6-8-15(16)9-7-14/h2-9H,10-11,16H2,1H3. The van der Waals surface area contributed by atoms with Crippen LogP contribution in [0, 0.1) is 6.92 Å². The molecule has 0 aliphatic rings. The van der Waals surface area contributed by atoms with Gasteiger partial charge in [-0.05, 0) is 30.2 Å². The lowest BCUT2D eigenvalue weighted by molar-refractivity contribution is 0.594. The van der Waals surface area contributed by atoms with E-state index in [0.717, 1.165) is 16.7 Å². The van der Waals surface area contributed by atoms with E-state index < -0.39 is 9.84 Å².